The number of nitrogens with two attached hydrogens (primary N) is 1. The number of halogens is 2. The molecule has 100 valence electrons. The molecule has 2 aromatic rings. The molecule has 0 saturated heterocycles. The first kappa shape index (κ1) is 13.5. The quantitative estimate of drug-likeness (QED) is 0.923. The van der Waals surface area contributed by atoms with Crippen LogP contribution < -0.4 is 10.5 Å². The van der Waals surface area contributed by atoms with Gasteiger partial charge in [0, 0.05) is 0 Å². The van der Waals surface area contributed by atoms with Crippen LogP contribution in [-0.4, -0.2) is 7.11 Å². The standard InChI is InChI=1S/C15H15F2NO/c1-15(18,10-4-3-5-12(16)8-10)11-6-7-14(19-2)13(17)9-11/h3-9H,18H2,1-2H3. The van der Waals surface area contributed by atoms with Crippen LogP contribution >= 0.6 is 0 Å². The van der Waals surface area contributed by atoms with Gasteiger partial charge in [0.2, 0.25) is 0 Å². The molecule has 2 N–H and O–H groups in total. The summed E-state index contributed by atoms with van der Waals surface area (Å²) in [5.74, 6) is -0.713. The zero-order valence-electron chi connectivity index (χ0n) is 10.8. The first-order valence-corrected chi connectivity index (χ1v) is 5.84. The van der Waals surface area contributed by atoms with Crippen molar-refractivity contribution in [2.45, 2.75) is 12.5 Å². The van der Waals surface area contributed by atoms with Crippen LogP contribution in [0.4, 0.5) is 8.78 Å². The third-order valence-electron chi connectivity index (χ3n) is 3.18. The molecule has 0 aliphatic rings. The topological polar surface area (TPSA) is 35.2 Å². The van der Waals surface area contributed by atoms with Crippen molar-refractivity contribution < 1.29 is 13.5 Å². The van der Waals surface area contributed by atoms with Crippen LogP contribution in [0.15, 0.2) is 42.5 Å². The average molecular weight is 263 g/mol. The van der Waals surface area contributed by atoms with Gasteiger partial charge in [-0.15, -0.1) is 0 Å². The van der Waals surface area contributed by atoms with Crippen LogP contribution in [0.3, 0.4) is 0 Å². The zero-order chi connectivity index (χ0) is 14.0. The minimum atomic E-state index is -0.977. The number of ether oxygens (including phenoxy) is 1. The lowest BCUT2D eigenvalue weighted by atomic mass is 9.85. The van der Waals surface area contributed by atoms with E-state index in [9.17, 15) is 8.78 Å². The minimum Gasteiger partial charge on any atom is -0.494 e. The second kappa shape index (κ2) is 4.97. The third-order valence-corrected chi connectivity index (χ3v) is 3.18. The highest BCUT2D eigenvalue weighted by molar-refractivity contribution is 5.40. The number of hydrogen-bond acceptors (Lipinski definition) is 2. The molecule has 2 aromatic carbocycles. The highest BCUT2D eigenvalue weighted by atomic mass is 19.1. The monoisotopic (exact) mass is 263 g/mol. The van der Waals surface area contributed by atoms with Crippen molar-refractivity contribution in [1.82, 2.24) is 0 Å². The molecule has 0 radical (unpaired) electrons. The van der Waals surface area contributed by atoms with Crippen molar-refractivity contribution in [2.24, 2.45) is 5.73 Å². The summed E-state index contributed by atoms with van der Waals surface area (Å²) in [6, 6.07) is 10.5. The molecule has 0 bridgehead atoms. The maximum absolute atomic E-state index is 13.7. The summed E-state index contributed by atoms with van der Waals surface area (Å²) in [6.45, 7) is 1.71. The summed E-state index contributed by atoms with van der Waals surface area (Å²) < 4.78 is 31.8. The van der Waals surface area contributed by atoms with Gasteiger partial charge in [-0.2, -0.15) is 0 Å². The van der Waals surface area contributed by atoms with E-state index in [1.807, 2.05) is 0 Å². The van der Waals surface area contributed by atoms with E-state index in [-0.39, 0.29) is 11.6 Å². The van der Waals surface area contributed by atoms with Gasteiger partial charge in [0.05, 0.1) is 12.6 Å². The summed E-state index contributed by atoms with van der Waals surface area (Å²) >= 11 is 0. The summed E-state index contributed by atoms with van der Waals surface area (Å²) in [4.78, 5) is 0. The molecule has 1 unspecified atom stereocenters. The fourth-order valence-corrected chi connectivity index (χ4v) is 1.97. The van der Waals surface area contributed by atoms with Gasteiger partial charge in [-0.25, -0.2) is 8.78 Å². The summed E-state index contributed by atoms with van der Waals surface area (Å²) in [7, 11) is 1.40. The van der Waals surface area contributed by atoms with Crippen LogP contribution in [-0.2, 0) is 5.54 Å². The minimum absolute atomic E-state index is 0.152. The van der Waals surface area contributed by atoms with Gasteiger partial charge in [-0.05, 0) is 42.3 Å². The summed E-state index contributed by atoms with van der Waals surface area (Å²) in [5.41, 5.74) is 6.37. The van der Waals surface area contributed by atoms with Crippen LogP contribution in [0, 0.1) is 11.6 Å². The number of hydrogen-bond donors (Lipinski definition) is 1. The van der Waals surface area contributed by atoms with Gasteiger partial charge in [0.1, 0.15) is 5.82 Å². The molecule has 0 aromatic heterocycles. The van der Waals surface area contributed by atoms with Crippen LogP contribution in [0.25, 0.3) is 0 Å². The zero-order valence-corrected chi connectivity index (χ0v) is 10.8. The maximum atomic E-state index is 13.7. The fraction of sp³-hybridized carbons (Fsp3) is 0.200. The van der Waals surface area contributed by atoms with Crippen molar-refractivity contribution in [3.8, 4) is 5.75 Å². The van der Waals surface area contributed by atoms with E-state index in [2.05, 4.69) is 0 Å². The molecule has 2 rings (SSSR count). The number of benzene rings is 2. The van der Waals surface area contributed by atoms with Gasteiger partial charge in [-0.3, -0.25) is 0 Å². The molecule has 0 spiro atoms. The van der Waals surface area contributed by atoms with E-state index in [0.717, 1.165) is 0 Å². The summed E-state index contributed by atoms with van der Waals surface area (Å²) in [6.07, 6.45) is 0. The average Bonchev–Trinajstić information content (AvgIpc) is 2.38. The Morgan fingerprint density at radius 3 is 2.32 bits per heavy atom. The SMILES string of the molecule is COc1ccc(C(C)(N)c2cccc(F)c2)cc1F. The molecule has 0 fully saturated rings. The van der Waals surface area contributed by atoms with Crippen molar-refractivity contribution in [3.63, 3.8) is 0 Å². The van der Waals surface area contributed by atoms with Crippen molar-refractivity contribution in [1.29, 1.82) is 0 Å². The van der Waals surface area contributed by atoms with E-state index in [1.54, 1.807) is 25.1 Å². The lowest BCUT2D eigenvalue weighted by Crippen LogP contribution is -2.34. The van der Waals surface area contributed by atoms with E-state index in [1.165, 1.54) is 31.4 Å². The lowest BCUT2D eigenvalue weighted by Gasteiger charge is -2.26. The Bertz CT molecular complexity index is 596. The van der Waals surface area contributed by atoms with E-state index < -0.39 is 11.4 Å². The van der Waals surface area contributed by atoms with Crippen LogP contribution in [0.5, 0.6) is 5.75 Å². The normalized spacial score (nSPS) is 13.9. The molecule has 19 heavy (non-hydrogen) atoms. The molecular formula is C15H15F2NO. The molecule has 4 heteroatoms. The molecule has 0 amide bonds. The Labute approximate surface area is 110 Å². The second-order valence-corrected chi connectivity index (χ2v) is 4.56. The van der Waals surface area contributed by atoms with E-state index in [4.69, 9.17) is 10.5 Å². The predicted molar refractivity (Wildman–Crippen MR) is 70.0 cm³/mol. The Balaban J connectivity index is 2.47. The van der Waals surface area contributed by atoms with E-state index >= 15 is 0 Å². The summed E-state index contributed by atoms with van der Waals surface area (Å²) in [5, 5.41) is 0. The first-order chi connectivity index (χ1) is 8.95. The Kier molecular flexibility index (Phi) is 3.53. The maximum Gasteiger partial charge on any atom is 0.165 e. The smallest absolute Gasteiger partial charge is 0.165 e. The highest BCUT2D eigenvalue weighted by Crippen LogP contribution is 2.29. The van der Waals surface area contributed by atoms with Gasteiger partial charge >= 0.3 is 0 Å². The molecule has 0 heterocycles. The van der Waals surface area contributed by atoms with Crippen molar-refractivity contribution >= 4 is 0 Å². The third kappa shape index (κ3) is 2.58. The highest BCUT2D eigenvalue weighted by Gasteiger charge is 2.25. The Morgan fingerprint density at radius 1 is 1.05 bits per heavy atom. The van der Waals surface area contributed by atoms with Crippen LogP contribution in [0.2, 0.25) is 0 Å². The number of methoxy groups -OCH3 is 1. The number of rotatable bonds is 3. The Hall–Kier alpha value is -1.94. The molecule has 1 atom stereocenters. The van der Waals surface area contributed by atoms with Crippen molar-refractivity contribution in [2.75, 3.05) is 7.11 Å². The van der Waals surface area contributed by atoms with Gasteiger partial charge < -0.3 is 10.5 Å². The fourth-order valence-electron chi connectivity index (χ4n) is 1.97. The van der Waals surface area contributed by atoms with Gasteiger partial charge in [-0.1, -0.05) is 18.2 Å². The van der Waals surface area contributed by atoms with Crippen LogP contribution in [0.1, 0.15) is 18.1 Å². The molecule has 0 aliphatic heterocycles. The molecular weight excluding hydrogens is 248 g/mol. The predicted octanol–water partition coefficient (Wildman–Crippen LogP) is 3.20. The molecule has 2 nitrogen and oxygen atoms in total. The van der Waals surface area contributed by atoms with E-state index in [0.29, 0.717) is 11.1 Å². The lowest BCUT2D eigenvalue weighted by molar-refractivity contribution is 0.385. The Morgan fingerprint density at radius 2 is 1.74 bits per heavy atom. The largest absolute Gasteiger partial charge is 0.494 e. The van der Waals surface area contributed by atoms with Crippen molar-refractivity contribution in [3.05, 3.63) is 65.2 Å². The second-order valence-electron chi connectivity index (χ2n) is 4.56. The van der Waals surface area contributed by atoms with Gasteiger partial charge in [0.15, 0.2) is 11.6 Å². The molecule has 0 aliphatic carbocycles. The van der Waals surface area contributed by atoms with Gasteiger partial charge in [0.25, 0.3) is 0 Å². The first-order valence-electron chi connectivity index (χ1n) is 5.84. The molecule has 0 saturated carbocycles.